The molecule has 0 bridgehead atoms. The van der Waals surface area contributed by atoms with Crippen LogP contribution in [0.15, 0.2) is 30.3 Å². The largest absolute Gasteiger partial charge is 0.362 e. The lowest BCUT2D eigenvalue weighted by Crippen LogP contribution is -2.25. The molecule has 1 atom stereocenters. The molecule has 1 rings (SSSR count). The van der Waals surface area contributed by atoms with Crippen LogP contribution in [0.25, 0.3) is 0 Å². The van der Waals surface area contributed by atoms with Gasteiger partial charge in [-0.2, -0.15) is 0 Å². The molecular formula is C26H46O2. The van der Waals surface area contributed by atoms with E-state index in [1.807, 2.05) is 30.3 Å². The summed E-state index contributed by atoms with van der Waals surface area (Å²) in [5.41, 5.74) is 0.825. The second-order valence-corrected chi connectivity index (χ2v) is 8.50. The third-order valence-electron chi connectivity index (χ3n) is 5.69. The topological polar surface area (TPSA) is 29.5 Å². The van der Waals surface area contributed by atoms with Gasteiger partial charge in [-0.25, -0.2) is 0 Å². The van der Waals surface area contributed by atoms with Crippen LogP contribution in [0.1, 0.15) is 122 Å². The van der Waals surface area contributed by atoms with E-state index < -0.39 is 5.79 Å². The van der Waals surface area contributed by atoms with Crippen molar-refractivity contribution >= 4 is 0 Å². The van der Waals surface area contributed by atoms with Gasteiger partial charge in [0.05, 0.1) is 6.61 Å². The lowest BCUT2D eigenvalue weighted by Gasteiger charge is -2.24. The van der Waals surface area contributed by atoms with Crippen LogP contribution < -0.4 is 0 Å². The van der Waals surface area contributed by atoms with Crippen LogP contribution in [0.2, 0.25) is 0 Å². The van der Waals surface area contributed by atoms with E-state index in [-0.39, 0.29) is 0 Å². The first-order chi connectivity index (χ1) is 13.7. The van der Waals surface area contributed by atoms with Gasteiger partial charge in [-0.1, -0.05) is 134 Å². The summed E-state index contributed by atoms with van der Waals surface area (Å²) in [7, 11) is 0. The molecule has 1 unspecified atom stereocenters. The van der Waals surface area contributed by atoms with Crippen molar-refractivity contribution in [3.63, 3.8) is 0 Å². The van der Waals surface area contributed by atoms with Crippen molar-refractivity contribution < 1.29 is 9.84 Å². The molecule has 2 heteroatoms. The number of hydrogen-bond donors (Lipinski definition) is 1. The fourth-order valence-corrected chi connectivity index (χ4v) is 3.75. The van der Waals surface area contributed by atoms with Crippen molar-refractivity contribution in [1.82, 2.24) is 0 Å². The van der Waals surface area contributed by atoms with Gasteiger partial charge in [-0.05, 0) is 13.3 Å². The van der Waals surface area contributed by atoms with Crippen molar-refractivity contribution in [3.8, 4) is 0 Å². The Balaban J connectivity index is 1.81. The summed E-state index contributed by atoms with van der Waals surface area (Å²) in [5, 5.41) is 10.4. The second kappa shape index (κ2) is 17.0. The molecule has 0 saturated carbocycles. The lowest BCUT2D eigenvalue weighted by molar-refractivity contribution is -0.199. The van der Waals surface area contributed by atoms with Gasteiger partial charge in [0.15, 0.2) is 5.79 Å². The minimum atomic E-state index is -1.17. The zero-order valence-electron chi connectivity index (χ0n) is 18.8. The zero-order chi connectivity index (χ0) is 20.3. The van der Waals surface area contributed by atoms with Gasteiger partial charge in [0.25, 0.3) is 0 Å². The number of rotatable bonds is 19. The molecule has 2 nitrogen and oxygen atoms in total. The van der Waals surface area contributed by atoms with E-state index in [9.17, 15) is 5.11 Å². The molecule has 0 aromatic heterocycles. The standard InChI is InChI=1S/C26H46O2/c1-3-4-5-6-7-8-9-10-11-12-13-14-15-16-17-21-24-28-26(2,27)25-22-19-18-20-23-25/h18-20,22-23,27H,3-17,21,24H2,1-2H3. The van der Waals surface area contributed by atoms with Crippen molar-refractivity contribution in [1.29, 1.82) is 0 Å². The van der Waals surface area contributed by atoms with E-state index in [0.717, 1.165) is 12.0 Å². The Morgan fingerprint density at radius 1 is 0.643 bits per heavy atom. The van der Waals surface area contributed by atoms with Crippen LogP contribution in [0.5, 0.6) is 0 Å². The smallest absolute Gasteiger partial charge is 0.189 e. The van der Waals surface area contributed by atoms with Crippen LogP contribution >= 0.6 is 0 Å². The van der Waals surface area contributed by atoms with Crippen LogP contribution in [-0.4, -0.2) is 11.7 Å². The molecule has 0 spiro atoms. The van der Waals surface area contributed by atoms with E-state index in [0.29, 0.717) is 6.61 Å². The van der Waals surface area contributed by atoms with Gasteiger partial charge in [0.2, 0.25) is 0 Å². The first kappa shape index (κ1) is 25.2. The minimum Gasteiger partial charge on any atom is -0.362 e. The quantitative estimate of drug-likeness (QED) is 0.191. The molecule has 0 saturated heterocycles. The second-order valence-electron chi connectivity index (χ2n) is 8.50. The monoisotopic (exact) mass is 390 g/mol. The summed E-state index contributed by atoms with van der Waals surface area (Å²) in [4.78, 5) is 0. The molecule has 0 radical (unpaired) electrons. The van der Waals surface area contributed by atoms with Gasteiger partial charge in [0, 0.05) is 5.56 Å². The molecule has 0 aliphatic rings. The van der Waals surface area contributed by atoms with E-state index >= 15 is 0 Å². The van der Waals surface area contributed by atoms with Gasteiger partial charge >= 0.3 is 0 Å². The van der Waals surface area contributed by atoms with Crippen LogP contribution in [0.3, 0.4) is 0 Å². The number of hydrogen-bond acceptors (Lipinski definition) is 2. The van der Waals surface area contributed by atoms with Gasteiger partial charge in [-0.15, -0.1) is 0 Å². The molecule has 28 heavy (non-hydrogen) atoms. The Kier molecular flexibility index (Phi) is 15.3. The van der Waals surface area contributed by atoms with Gasteiger partial charge < -0.3 is 9.84 Å². The highest BCUT2D eigenvalue weighted by molar-refractivity contribution is 5.18. The first-order valence-corrected chi connectivity index (χ1v) is 12.1. The Morgan fingerprint density at radius 2 is 1.04 bits per heavy atom. The van der Waals surface area contributed by atoms with Crippen LogP contribution in [-0.2, 0) is 10.5 Å². The van der Waals surface area contributed by atoms with E-state index in [2.05, 4.69) is 6.92 Å². The molecule has 1 aromatic carbocycles. The molecule has 1 N–H and O–H groups in total. The van der Waals surface area contributed by atoms with Crippen molar-refractivity contribution in [2.75, 3.05) is 6.61 Å². The van der Waals surface area contributed by atoms with E-state index in [1.54, 1.807) is 6.92 Å². The van der Waals surface area contributed by atoms with Gasteiger partial charge in [-0.3, -0.25) is 0 Å². The van der Waals surface area contributed by atoms with E-state index in [4.69, 9.17) is 4.74 Å². The Bertz CT molecular complexity index is 441. The third-order valence-corrected chi connectivity index (χ3v) is 5.69. The maximum Gasteiger partial charge on any atom is 0.189 e. The molecule has 0 aliphatic heterocycles. The van der Waals surface area contributed by atoms with E-state index in [1.165, 1.54) is 96.3 Å². The predicted octanol–water partition coefficient (Wildman–Crippen LogP) is 8.13. The fourth-order valence-electron chi connectivity index (χ4n) is 3.75. The summed E-state index contributed by atoms with van der Waals surface area (Å²) in [6, 6.07) is 9.64. The normalized spacial score (nSPS) is 13.5. The summed E-state index contributed by atoms with van der Waals surface area (Å²) >= 11 is 0. The summed E-state index contributed by atoms with van der Waals surface area (Å²) < 4.78 is 5.69. The average molecular weight is 391 g/mol. The minimum absolute atomic E-state index is 0.625. The Morgan fingerprint density at radius 3 is 1.46 bits per heavy atom. The molecule has 0 fully saturated rings. The molecule has 0 aliphatic carbocycles. The molecule has 0 amide bonds. The van der Waals surface area contributed by atoms with Gasteiger partial charge in [0.1, 0.15) is 0 Å². The van der Waals surface area contributed by atoms with Crippen LogP contribution in [0.4, 0.5) is 0 Å². The Labute approximate surface area is 175 Å². The predicted molar refractivity (Wildman–Crippen MR) is 122 cm³/mol. The summed E-state index contributed by atoms with van der Waals surface area (Å²) in [5.74, 6) is -1.17. The number of aliphatic hydroxyl groups is 1. The lowest BCUT2D eigenvalue weighted by atomic mass is 10.0. The Hall–Kier alpha value is -0.860. The maximum atomic E-state index is 10.4. The average Bonchev–Trinajstić information content (AvgIpc) is 2.71. The fraction of sp³-hybridized carbons (Fsp3) is 0.769. The SMILES string of the molecule is CCCCCCCCCCCCCCCCCCOC(C)(O)c1ccccc1. The third kappa shape index (κ3) is 13.3. The highest BCUT2D eigenvalue weighted by Crippen LogP contribution is 2.22. The molecule has 0 heterocycles. The zero-order valence-corrected chi connectivity index (χ0v) is 18.8. The summed E-state index contributed by atoms with van der Waals surface area (Å²) in [6.45, 7) is 4.64. The highest BCUT2D eigenvalue weighted by Gasteiger charge is 2.22. The first-order valence-electron chi connectivity index (χ1n) is 12.1. The summed E-state index contributed by atoms with van der Waals surface area (Å²) in [6.07, 6.45) is 21.9. The van der Waals surface area contributed by atoms with Crippen molar-refractivity contribution in [2.45, 2.75) is 122 Å². The molecular weight excluding hydrogens is 344 g/mol. The number of ether oxygens (including phenoxy) is 1. The van der Waals surface area contributed by atoms with Crippen LogP contribution in [0, 0.1) is 0 Å². The number of unbranched alkanes of at least 4 members (excludes halogenated alkanes) is 15. The maximum absolute atomic E-state index is 10.4. The van der Waals surface area contributed by atoms with Crippen molar-refractivity contribution in [2.24, 2.45) is 0 Å². The highest BCUT2D eigenvalue weighted by atomic mass is 16.6. The molecule has 1 aromatic rings. The molecule has 162 valence electrons. The van der Waals surface area contributed by atoms with Crippen molar-refractivity contribution in [3.05, 3.63) is 35.9 Å². The number of benzene rings is 1.